The highest BCUT2D eigenvalue weighted by Gasteiger charge is 2.32. The van der Waals surface area contributed by atoms with Gasteiger partial charge in [0.05, 0.1) is 37.2 Å². The number of hydrogen-bond acceptors (Lipinski definition) is 10. The van der Waals surface area contributed by atoms with Gasteiger partial charge in [0, 0.05) is 23.3 Å². The van der Waals surface area contributed by atoms with Crippen LogP contribution in [0.25, 0.3) is 21.7 Å². The van der Waals surface area contributed by atoms with E-state index in [2.05, 4.69) is 12.1 Å². The van der Waals surface area contributed by atoms with Gasteiger partial charge in [-0.2, -0.15) is 0 Å². The minimum atomic E-state index is -0.472. The number of pyridine rings is 1. The maximum atomic E-state index is 12.7. The lowest BCUT2D eigenvalue weighted by atomic mass is 9.82. The van der Waals surface area contributed by atoms with E-state index in [0.29, 0.717) is 36.7 Å². The molecule has 3 aliphatic rings. The van der Waals surface area contributed by atoms with Gasteiger partial charge in [-0.25, -0.2) is 4.98 Å². The van der Waals surface area contributed by atoms with Crippen molar-refractivity contribution in [2.75, 3.05) is 19.8 Å². The number of rotatable bonds is 12. The summed E-state index contributed by atoms with van der Waals surface area (Å²) in [4.78, 5) is 30.3. The second-order valence-electron chi connectivity index (χ2n) is 18.4. The van der Waals surface area contributed by atoms with Crippen molar-refractivity contribution in [2.24, 2.45) is 23.7 Å². The average Bonchev–Trinajstić information content (AvgIpc) is 3.19. The van der Waals surface area contributed by atoms with E-state index >= 15 is 0 Å². The normalized spacial score (nSPS) is 22.9. The quantitative estimate of drug-likeness (QED) is 0.101. The van der Waals surface area contributed by atoms with Crippen molar-refractivity contribution in [3.8, 4) is 28.9 Å². The van der Waals surface area contributed by atoms with Gasteiger partial charge in [0.15, 0.2) is 6.29 Å². The zero-order valence-electron chi connectivity index (χ0n) is 35.2. The van der Waals surface area contributed by atoms with Crippen LogP contribution >= 0.6 is 0 Å². The van der Waals surface area contributed by atoms with Gasteiger partial charge in [0.2, 0.25) is 5.88 Å². The van der Waals surface area contributed by atoms with Crippen molar-refractivity contribution in [1.82, 2.24) is 4.98 Å². The van der Waals surface area contributed by atoms with E-state index in [4.69, 9.17) is 38.1 Å². The van der Waals surface area contributed by atoms with E-state index in [0.717, 1.165) is 116 Å². The molecule has 3 aromatic carbocycles. The molecule has 1 saturated heterocycles. The monoisotopic (exact) mass is 795 g/mol. The Hall–Kier alpha value is -4.57. The topological polar surface area (TPSA) is 112 Å². The minimum absolute atomic E-state index is 0.0431. The first-order valence-electron chi connectivity index (χ1n) is 21.4. The van der Waals surface area contributed by atoms with E-state index in [1.807, 2.05) is 90.1 Å². The Balaban J connectivity index is 1.05. The first-order chi connectivity index (χ1) is 27.7. The molecule has 0 bridgehead atoms. The lowest BCUT2D eigenvalue weighted by molar-refractivity contribution is -0.162. The van der Waals surface area contributed by atoms with Crippen LogP contribution in [-0.2, 0) is 23.8 Å². The predicted molar refractivity (Wildman–Crippen MR) is 224 cm³/mol. The maximum absolute atomic E-state index is 12.7. The van der Waals surface area contributed by atoms with Crippen LogP contribution in [0.15, 0.2) is 60.7 Å². The molecule has 0 spiro atoms. The molecule has 1 aliphatic heterocycles. The molecular weight excluding hydrogens is 735 g/mol. The summed E-state index contributed by atoms with van der Waals surface area (Å²) in [6.45, 7) is 13.4. The number of fused-ring (bicyclic) bond motifs is 3. The SMILES string of the molecule is CC(C)(C)OC(=O)C1CCC(COc2ccc3c(c2)nc(Oc2ccc(OC4CCCCO4)cc2)c2cc(OCC4CCC(C(=O)OC(C)(C)C)CC4)ccc23)CC1. The van der Waals surface area contributed by atoms with Crippen molar-refractivity contribution >= 4 is 33.6 Å². The largest absolute Gasteiger partial charge is 0.493 e. The Labute approximate surface area is 343 Å². The molecule has 0 amide bonds. The summed E-state index contributed by atoms with van der Waals surface area (Å²) < 4.78 is 42.4. The number of aromatic nitrogens is 1. The molecule has 1 aromatic heterocycles. The van der Waals surface area contributed by atoms with Gasteiger partial charge in [-0.1, -0.05) is 0 Å². The number of esters is 2. The van der Waals surface area contributed by atoms with Crippen molar-refractivity contribution < 1.29 is 42.7 Å². The molecule has 2 saturated carbocycles. The highest BCUT2D eigenvalue weighted by atomic mass is 16.7. The summed E-state index contributed by atoms with van der Waals surface area (Å²) in [6, 6.07) is 19.7. The third-order valence-corrected chi connectivity index (χ3v) is 11.3. The lowest BCUT2D eigenvalue weighted by Crippen LogP contribution is -2.31. The molecule has 7 rings (SSSR count). The molecule has 4 aromatic rings. The highest BCUT2D eigenvalue weighted by Crippen LogP contribution is 2.39. The van der Waals surface area contributed by atoms with E-state index in [1.54, 1.807) is 0 Å². The van der Waals surface area contributed by atoms with Gasteiger partial charge < -0.3 is 33.2 Å². The van der Waals surface area contributed by atoms with Crippen LogP contribution in [0.3, 0.4) is 0 Å². The Morgan fingerprint density at radius 3 is 1.66 bits per heavy atom. The molecule has 0 N–H and O–H groups in total. The van der Waals surface area contributed by atoms with Crippen molar-refractivity contribution in [3.63, 3.8) is 0 Å². The Kier molecular flexibility index (Phi) is 13.0. The summed E-state index contributed by atoms with van der Waals surface area (Å²) >= 11 is 0. The number of ether oxygens (including phenoxy) is 7. The zero-order valence-corrected chi connectivity index (χ0v) is 35.2. The standard InChI is InChI=1S/C48H61NO9/c1-47(2,3)57-45(50)33-14-10-31(11-15-33)29-53-37-22-24-39-40-25-23-38(54-30-32-12-16-34(17-13-32)46(51)58-48(4,5)6)28-42(40)49-44(41(39)27-37)56-36-20-18-35(19-21-36)55-43-9-7-8-26-52-43/h18-25,27-28,31-34,43H,7-17,26,29-30H2,1-6H3. The number of nitrogens with zero attached hydrogens (tertiary/aromatic N) is 1. The fourth-order valence-electron chi connectivity index (χ4n) is 8.18. The molecule has 10 nitrogen and oxygen atoms in total. The van der Waals surface area contributed by atoms with Crippen molar-refractivity contribution in [1.29, 1.82) is 0 Å². The van der Waals surface area contributed by atoms with Crippen LogP contribution in [-0.4, -0.2) is 54.2 Å². The van der Waals surface area contributed by atoms with Crippen molar-refractivity contribution in [3.05, 3.63) is 60.7 Å². The number of benzene rings is 3. The van der Waals surface area contributed by atoms with Crippen LogP contribution in [0.2, 0.25) is 0 Å². The molecule has 2 heterocycles. The maximum Gasteiger partial charge on any atom is 0.309 e. The Morgan fingerprint density at radius 2 is 1.12 bits per heavy atom. The number of hydrogen-bond donors (Lipinski definition) is 0. The minimum Gasteiger partial charge on any atom is -0.493 e. The molecule has 10 heteroatoms. The molecule has 1 atom stereocenters. The van der Waals surface area contributed by atoms with E-state index in [-0.39, 0.29) is 30.1 Å². The van der Waals surface area contributed by atoms with Gasteiger partial charge in [0.25, 0.3) is 0 Å². The third kappa shape index (κ3) is 11.3. The molecule has 1 unspecified atom stereocenters. The average molecular weight is 796 g/mol. The van der Waals surface area contributed by atoms with Gasteiger partial charge in [-0.15, -0.1) is 0 Å². The van der Waals surface area contributed by atoms with Crippen LogP contribution in [0, 0.1) is 23.7 Å². The highest BCUT2D eigenvalue weighted by molar-refractivity contribution is 6.08. The summed E-state index contributed by atoms with van der Waals surface area (Å²) in [7, 11) is 0. The fraction of sp³-hybridized carbons (Fsp3) is 0.562. The molecule has 3 fully saturated rings. The van der Waals surface area contributed by atoms with Gasteiger partial charge in [-0.05, 0) is 178 Å². The second kappa shape index (κ2) is 18.1. The van der Waals surface area contributed by atoms with E-state index in [9.17, 15) is 9.59 Å². The first kappa shape index (κ1) is 41.6. The molecular formula is C48H61NO9. The molecule has 312 valence electrons. The van der Waals surface area contributed by atoms with E-state index < -0.39 is 11.2 Å². The van der Waals surface area contributed by atoms with Crippen LogP contribution in [0.5, 0.6) is 28.9 Å². The first-order valence-corrected chi connectivity index (χ1v) is 21.4. The predicted octanol–water partition coefficient (Wildman–Crippen LogP) is 11.1. The van der Waals surface area contributed by atoms with Crippen molar-refractivity contribution in [2.45, 2.75) is 130 Å². The van der Waals surface area contributed by atoms with E-state index in [1.165, 1.54) is 0 Å². The summed E-state index contributed by atoms with van der Waals surface area (Å²) in [5.41, 5.74) is -0.179. The number of carbonyl (C=O) groups is 2. The van der Waals surface area contributed by atoms with Crippen LogP contribution in [0.1, 0.15) is 112 Å². The Bertz CT molecular complexity index is 2010. The molecule has 0 radical (unpaired) electrons. The molecule has 2 aliphatic carbocycles. The Morgan fingerprint density at radius 1 is 0.603 bits per heavy atom. The van der Waals surface area contributed by atoms with Crippen LogP contribution in [0.4, 0.5) is 0 Å². The second-order valence-corrected chi connectivity index (χ2v) is 18.4. The van der Waals surface area contributed by atoms with Gasteiger partial charge in [0.1, 0.15) is 34.2 Å². The van der Waals surface area contributed by atoms with Gasteiger partial charge >= 0.3 is 11.9 Å². The molecule has 58 heavy (non-hydrogen) atoms. The lowest BCUT2D eigenvalue weighted by Gasteiger charge is -2.29. The summed E-state index contributed by atoms with van der Waals surface area (Å²) in [6.07, 6.45) is 9.75. The van der Waals surface area contributed by atoms with Crippen LogP contribution < -0.4 is 18.9 Å². The third-order valence-electron chi connectivity index (χ3n) is 11.3. The summed E-state index contributed by atoms with van der Waals surface area (Å²) in [5.74, 6) is 3.77. The summed E-state index contributed by atoms with van der Waals surface area (Å²) in [5, 5.41) is 2.81. The smallest absolute Gasteiger partial charge is 0.309 e. The zero-order chi connectivity index (χ0) is 40.9. The fourth-order valence-corrected chi connectivity index (χ4v) is 8.18. The number of carbonyl (C=O) groups excluding carboxylic acids is 2. The van der Waals surface area contributed by atoms with Gasteiger partial charge in [-0.3, -0.25) is 9.59 Å².